The van der Waals surface area contributed by atoms with Gasteiger partial charge in [0.1, 0.15) is 17.5 Å². The number of para-hydroxylation sites is 2. The third-order valence-electron chi connectivity index (χ3n) is 4.35. The molecular formula is C18H17N5O4. The van der Waals surface area contributed by atoms with Gasteiger partial charge < -0.3 is 20.0 Å². The monoisotopic (exact) mass is 367 g/mol. The van der Waals surface area contributed by atoms with Gasteiger partial charge >= 0.3 is 6.03 Å². The van der Waals surface area contributed by atoms with Crippen LogP contribution < -0.4 is 10.6 Å². The molecule has 1 fully saturated rings. The van der Waals surface area contributed by atoms with Crippen LogP contribution in [-0.4, -0.2) is 39.3 Å². The summed E-state index contributed by atoms with van der Waals surface area (Å²) in [5, 5.41) is 5.27. The van der Waals surface area contributed by atoms with E-state index < -0.39 is 23.8 Å². The Hall–Kier alpha value is -3.62. The Morgan fingerprint density at radius 1 is 1.26 bits per heavy atom. The average Bonchev–Trinajstić information content (AvgIpc) is 3.32. The molecule has 1 aromatic carbocycles. The van der Waals surface area contributed by atoms with Gasteiger partial charge in [0.25, 0.3) is 0 Å². The predicted octanol–water partition coefficient (Wildman–Crippen LogP) is 1.14. The van der Waals surface area contributed by atoms with Crippen LogP contribution in [0.25, 0.3) is 11.0 Å². The number of nitrogens with one attached hydrogen (secondary N) is 3. The molecule has 3 N–H and O–H groups in total. The van der Waals surface area contributed by atoms with Gasteiger partial charge in [-0.3, -0.25) is 14.5 Å². The van der Waals surface area contributed by atoms with Gasteiger partial charge in [0.2, 0.25) is 11.8 Å². The number of nitrogens with zero attached hydrogens (tertiary/aromatic N) is 2. The molecule has 0 aliphatic carbocycles. The smallest absolute Gasteiger partial charge is 0.324 e. The van der Waals surface area contributed by atoms with Crippen LogP contribution >= 0.6 is 0 Å². The van der Waals surface area contributed by atoms with Gasteiger partial charge in [0.05, 0.1) is 30.4 Å². The highest BCUT2D eigenvalue weighted by Gasteiger charge is 2.38. The van der Waals surface area contributed by atoms with Crippen molar-refractivity contribution in [2.75, 3.05) is 6.54 Å². The molecule has 4 rings (SSSR count). The minimum absolute atomic E-state index is 0.0228. The number of imide groups is 1. The third-order valence-corrected chi connectivity index (χ3v) is 4.35. The van der Waals surface area contributed by atoms with Crippen LogP contribution in [0, 0.1) is 5.92 Å². The zero-order valence-corrected chi connectivity index (χ0v) is 14.3. The SMILES string of the molecule is O=C(NCc1nc2ccccc2[nH]1)C1CNC(=O)N(Cc2ccco2)C1=O. The molecule has 9 nitrogen and oxygen atoms in total. The second kappa shape index (κ2) is 6.94. The van der Waals surface area contributed by atoms with E-state index in [-0.39, 0.29) is 19.6 Å². The number of carbonyl (C=O) groups excluding carboxylic acids is 3. The van der Waals surface area contributed by atoms with E-state index in [1.807, 2.05) is 24.3 Å². The fraction of sp³-hybridized carbons (Fsp3) is 0.222. The van der Waals surface area contributed by atoms with Crippen LogP contribution in [0.5, 0.6) is 0 Å². The Morgan fingerprint density at radius 3 is 2.89 bits per heavy atom. The Kier molecular flexibility index (Phi) is 4.33. The molecule has 1 unspecified atom stereocenters. The summed E-state index contributed by atoms with van der Waals surface area (Å²) in [6.07, 6.45) is 1.46. The minimum Gasteiger partial charge on any atom is -0.467 e. The van der Waals surface area contributed by atoms with Crippen molar-refractivity contribution in [1.82, 2.24) is 25.5 Å². The van der Waals surface area contributed by atoms with Crippen molar-refractivity contribution in [3.8, 4) is 0 Å². The van der Waals surface area contributed by atoms with Gasteiger partial charge in [0, 0.05) is 6.54 Å². The summed E-state index contributed by atoms with van der Waals surface area (Å²) in [5.74, 6) is -0.977. The number of hydrogen-bond acceptors (Lipinski definition) is 5. The number of benzene rings is 1. The molecule has 1 aliphatic rings. The van der Waals surface area contributed by atoms with Crippen molar-refractivity contribution < 1.29 is 18.8 Å². The van der Waals surface area contributed by atoms with E-state index >= 15 is 0 Å². The number of aromatic amines is 1. The number of amides is 4. The summed E-state index contributed by atoms with van der Waals surface area (Å²) in [6.45, 7) is 0.0900. The van der Waals surface area contributed by atoms with E-state index in [9.17, 15) is 14.4 Å². The van der Waals surface area contributed by atoms with E-state index in [0.717, 1.165) is 15.9 Å². The number of H-pyrrole nitrogens is 1. The number of hydrogen-bond donors (Lipinski definition) is 3. The zero-order chi connectivity index (χ0) is 18.8. The molecule has 0 radical (unpaired) electrons. The van der Waals surface area contributed by atoms with Crippen molar-refractivity contribution in [3.63, 3.8) is 0 Å². The lowest BCUT2D eigenvalue weighted by Crippen LogP contribution is -2.58. The molecule has 138 valence electrons. The number of rotatable bonds is 5. The quantitative estimate of drug-likeness (QED) is 0.584. The lowest BCUT2D eigenvalue weighted by molar-refractivity contribution is -0.141. The van der Waals surface area contributed by atoms with Gasteiger partial charge in [-0.25, -0.2) is 9.78 Å². The first-order chi connectivity index (χ1) is 13.1. The molecule has 3 heterocycles. The number of imidazole rings is 1. The van der Waals surface area contributed by atoms with Gasteiger partial charge in [-0.2, -0.15) is 0 Å². The molecule has 4 amide bonds. The van der Waals surface area contributed by atoms with Crippen LogP contribution in [0.15, 0.2) is 47.1 Å². The first-order valence-corrected chi connectivity index (χ1v) is 8.45. The highest BCUT2D eigenvalue weighted by molar-refractivity contribution is 6.08. The Labute approximate surface area is 153 Å². The van der Waals surface area contributed by atoms with Gasteiger partial charge in [-0.15, -0.1) is 0 Å². The van der Waals surface area contributed by atoms with Crippen molar-refractivity contribution in [1.29, 1.82) is 0 Å². The Morgan fingerprint density at radius 2 is 2.11 bits per heavy atom. The maximum Gasteiger partial charge on any atom is 0.324 e. The molecule has 2 aromatic heterocycles. The van der Waals surface area contributed by atoms with E-state index in [4.69, 9.17) is 4.42 Å². The standard InChI is InChI=1S/C18H17N5O4/c24-16(19-9-15-21-13-5-1-2-6-14(13)22-15)12-8-20-18(26)23(17(12)25)10-11-4-3-7-27-11/h1-7,12H,8-10H2,(H,19,24)(H,20,26)(H,21,22). The Bertz CT molecular complexity index is 961. The molecule has 1 saturated heterocycles. The fourth-order valence-corrected chi connectivity index (χ4v) is 2.96. The number of fused-ring (bicyclic) bond motifs is 1. The van der Waals surface area contributed by atoms with Crippen molar-refractivity contribution >= 4 is 28.9 Å². The normalized spacial score (nSPS) is 17.2. The molecule has 0 spiro atoms. The van der Waals surface area contributed by atoms with Crippen LogP contribution in [0.1, 0.15) is 11.6 Å². The topological polar surface area (TPSA) is 120 Å². The van der Waals surface area contributed by atoms with Crippen LogP contribution in [0.3, 0.4) is 0 Å². The third kappa shape index (κ3) is 3.39. The summed E-state index contributed by atoms with van der Waals surface area (Å²) in [6, 6.07) is 10.3. The van der Waals surface area contributed by atoms with Gasteiger partial charge in [-0.1, -0.05) is 12.1 Å². The second-order valence-corrected chi connectivity index (χ2v) is 6.16. The predicted molar refractivity (Wildman–Crippen MR) is 94.1 cm³/mol. The van der Waals surface area contributed by atoms with Crippen molar-refractivity contribution in [3.05, 3.63) is 54.2 Å². The molecular weight excluding hydrogens is 350 g/mol. The first kappa shape index (κ1) is 16.8. The summed E-state index contributed by atoms with van der Waals surface area (Å²) in [5.41, 5.74) is 1.67. The number of aromatic nitrogens is 2. The van der Waals surface area contributed by atoms with Crippen LogP contribution in [-0.2, 0) is 22.7 Å². The van der Waals surface area contributed by atoms with E-state index in [1.54, 1.807) is 12.1 Å². The zero-order valence-electron chi connectivity index (χ0n) is 14.3. The largest absolute Gasteiger partial charge is 0.467 e. The van der Waals surface area contributed by atoms with E-state index in [2.05, 4.69) is 20.6 Å². The minimum atomic E-state index is -0.998. The molecule has 0 saturated carbocycles. The van der Waals surface area contributed by atoms with Crippen LogP contribution in [0.2, 0.25) is 0 Å². The van der Waals surface area contributed by atoms with Crippen molar-refractivity contribution in [2.24, 2.45) is 5.92 Å². The van der Waals surface area contributed by atoms with E-state index in [0.29, 0.717) is 11.6 Å². The van der Waals surface area contributed by atoms with Crippen LogP contribution in [0.4, 0.5) is 4.79 Å². The lowest BCUT2D eigenvalue weighted by Gasteiger charge is -2.30. The van der Waals surface area contributed by atoms with Gasteiger partial charge in [0.15, 0.2) is 0 Å². The molecule has 1 atom stereocenters. The van der Waals surface area contributed by atoms with E-state index in [1.165, 1.54) is 6.26 Å². The lowest BCUT2D eigenvalue weighted by atomic mass is 10.0. The maximum absolute atomic E-state index is 12.6. The average molecular weight is 367 g/mol. The van der Waals surface area contributed by atoms with Crippen molar-refractivity contribution in [2.45, 2.75) is 13.1 Å². The maximum atomic E-state index is 12.6. The number of furan rings is 1. The highest BCUT2D eigenvalue weighted by atomic mass is 16.3. The molecule has 1 aliphatic heterocycles. The fourth-order valence-electron chi connectivity index (χ4n) is 2.96. The Balaban J connectivity index is 1.41. The second-order valence-electron chi connectivity index (χ2n) is 6.16. The molecule has 3 aromatic rings. The first-order valence-electron chi connectivity index (χ1n) is 8.45. The summed E-state index contributed by atoms with van der Waals surface area (Å²) < 4.78 is 5.18. The highest BCUT2D eigenvalue weighted by Crippen LogP contribution is 2.15. The van der Waals surface area contributed by atoms with Gasteiger partial charge in [-0.05, 0) is 24.3 Å². The summed E-state index contributed by atoms with van der Waals surface area (Å²) in [7, 11) is 0. The molecule has 27 heavy (non-hydrogen) atoms. The molecule has 9 heteroatoms. The molecule has 0 bridgehead atoms. The number of carbonyl (C=O) groups is 3. The summed E-state index contributed by atoms with van der Waals surface area (Å²) >= 11 is 0. The summed E-state index contributed by atoms with van der Waals surface area (Å²) in [4.78, 5) is 45.5. The number of urea groups is 1.